The van der Waals surface area contributed by atoms with Crippen LogP contribution in [0.2, 0.25) is 0 Å². The van der Waals surface area contributed by atoms with Gasteiger partial charge < -0.3 is 20.1 Å². The van der Waals surface area contributed by atoms with Gasteiger partial charge in [-0.1, -0.05) is 0 Å². The molecule has 4 atom stereocenters. The van der Waals surface area contributed by atoms with E-state index in [9.17, 15) is 15.0 Å². The number of nitrogens with zero attached hydrogens (tertiary/aromatic N) is 2. The molecule has 0 aromatic carbocycles. The summed E-state index contributed by atoms with van der Waals surface area (Å²) in [7, 11) is 0. The molecule has 9 nitrogen and oxygen atoms in total. The van der Waals surface area contributed by atoms with E-state index in [0.717, 1.165) is 4.57 Å². The average molecular weight is 259 g/mol. The van der Waals surface area contributed by atoms with Crippen LogP contribution >= 0.6 is 0 Å². The van der Waals surface area contributed by atoms with Gasteiger partial charge >= 0.3 is 5.69 Å². The van der Waals surface area contributed by atoms with Crippen LogP contribution in [-0.4, -0.2) is 55.0 Å². The number of nitrogens with one attached hydrogen (secondary N) is 1. The lowest BCUT2D eigenvalue weighted by molar-refractivity contribution is -0.0549. The van der Waals surface area contributed by atoms with E-state index in [4.69, 9.17) is 15.1 Å². The van der Waals surface area contributed by atoms with Gasteiger partial charge in [-0.2, -0.15) is 4.98 Å². The molecule has 0 bridgehead atoms. The highest BCUT2D eigenvalue weighted by molar-refractivity contribution is 5.28. The molecule has 0 amide bonds. The monoisotopic (exact) mass is 259 g/mol. The van der Waals surface area contributed by atoms with E-state index in [0.29, 0.717) is 0 Å². The largest absolute Gasteiger partial charge is 0.394 e. The van der Waals surface area contributed by atoms with Crippen molar-refractivity contribution in [2.45, 2.75) is 24.5 Å². The molecule has 1 aliphatic rings. The van der Waals surface area contributed by atoms with Crippen molar-refractivity contribution in [2.24, 2.45) is 0 Å². The summed E-state index contributed by atoms with van der Waals surface area (Å²) in [6.07, 6.45) is -3.50. The van der Waals surface area contributed by atoms with Gasteiger partial charge in [0.05, 0.1) is 6.61 Å². The Kier molecular flexibility index (Phi) is 3.59. The van der Waals surface area contributed by atoms with Gasteiger partial charge in [-0.05, 0) is 6.07 Å². The molecule has 1 fully saturated rings. The van der Waals surface area contributed by atoms with Crippen LogP contribution in [0, 0.1) is 0 Å². The quantitative estimate of drug-likeness (QED) is 0.381. The predicted molar refractivity (Wildman–Crippen MR) is 56.9 cm³/mol. The second-order valence-electron chi connectivity index (χ2n) is 3.84. The molecule has 100 valence electrons. The first-order valence-corrected chi connectivity index (χ1v) is 5.20. The lowest BCUT2D eigenvalue weighted by Gasteiger charge is -2.16. The van der Waals surface area contributed by atoms with Crippen molar-refractivity contribution in [3.05, 3.63) is 22.7 Å². The van der Waals surface area contributed by atoms with Crippen LogP contribution < -0.4 is 11.2 Å². The van der Waals surface area contributed by atoms with Gasteiger partial charge in [-0.25, -0.2) is 4.79 Å². The van der Waals surface area contributed by atoms with Crippen molar-refractivity contribution in [2.75, 3.05) is 12.1 Å². The minimum Gasteiger partial charge on any atom is -0.394 e. The molecule has 1 aromatic rings. The van der Waals surface area contributed by atoms with Crippen LogP contribution in [-0.2, 0) is 4.74 Å². The van der Waals surface area contributed by atoms with Crippen molar-refractivity contribution in [1.82, 2.24) is 9.55 Å². The number of hydrogen-bond acceptors (Lipinski definition) is 8. The summed E-state index contributed by atoms with van der Waals surface area (Å²) in [5.41, 5.74) is 0.934. The number of ether oxygens (including phenoxy) is 1. The van der Waals surface area contributed by atoms with Crippen molar-refractivity contribution in [3.8, 4) is 0 Å². The molecule has 1 saturated heterocycles. The summed E-state index contributed by atoms with van der Waals surface area (Å²) >= 11 is 0. The Morgan fingerprint density at radius 3 is 2.67 bits per heavy atom. The molecule has 1 aliphatic heterocycles. The van der Waals surface area contributed by atoms with E-state index < -0.39 is 36.8 Å². The average Bonchev–Trinajstić information content (AvgIpc) is 2.66. The number of rotatable bonds is 3. The van der Waals surface area contributed by atoms with Gasteiger partial charge in [0.15, 0.2) is 12.0 Å². The maximum Gasteiger partial charge on any atom is 0.351 e. The van der Waals surface area contributed by atoms with E-state index in [2.05, 4.69) is 4.98 Å². The Hall–Kier alpha value is -1.52. The molecule has 2 heterocycles. The summed E-state index contributed by atoms with van der Waals surface area (Å²) in [5, 5.41) is 36.8. The molecular weight excluding hydrogens is 246 g/mol. The normalized spacial score (nSPS) is 31.6. The molecule has 0 unspecified atom stereocenters. The molecule has 0 radical (unpaired) electrons. The van der Waals surface area contributed by atoms with Crippen LogP contribution in [0.3, 0.4) is 0 Å². The molecule has 1 aromatic heterocycles. The maximum absolute atomic E-state index is 11.6. The maximum atomic E-state index is 11.6. The summed E-state index contributed by atoms with van der Waals surface area (Å²) < 4.78 is 6.13. The topological polar surface area (TPSA) is 137 Å². The molecule has 2 rings (SSSR count). The van der Waals surface area contributed by atoms with Crippen LogP contribution in [0.4, 0.5) is 5.82 Å². The molecular formula is C9H13N3O6. The van der Waals surface area contributed by atoms with Gasteiger partial charge in [0.1, 0.15) is 18.3 Å². The Morgan fingerprint density at radius 1 is 1.44 bits per heavy atom. The SMILES string of the molecule is O=c1nc(NO)ccn1[C@H]1O[C@@H](CO)[C@H](O)[C@@H]1O. The van der Waals surface area contributed by atoms with E-state index in [1.54, 1.807) is 5.48 Å². The molecule has 0 aliphatic carbocycles. The second-order valence-corrected chi connectivity index (χ2v) is 3.84. The summed E-state index contributed by atoms with van der Waals surface area (Å²) in [6, 6.07) is 1.29. The first-order chi connectivity index (χ1) is 8.58. The fourth-order valence-corrected chi connectivity index (χ4v) is 1.78. The van der Waals surface area contributed by atoms with Crippen LogP contribution in [0.25, 0.3) is 0 Å². The Labute approximate surface area is 101 Å². The minimum atomic E-state index is -1.35. The minimum absolute atomic E-state index is 0.0528. The first kappa shape index (κ1) is 12.9. The van der Waals surface area contributed by atoms with Gasteiger partial charge in [0.25, 0.3) is 0 Å². The zero-order chi connectivity index (χ0) is 13.3. The van der Waals surface area contributed by atoms with Crippen LogP contribution in [0.15, 0.2) is 17.1 Å². The number of aromatic nitrogens is 2. The number of hydrogen-bond donors (Lipinski definition) is 5. The zero-order valence-corrected chi connectivity index (χ0v) is 9.17. The number of anilines is 1. The van der Waals surface area contributed by atoms with Gasteiger partial charge in [0, 0.05) is 6.20 Å². The van der Waals surface area contributed by atoms with E-state index >= 15 is 0 Å². The summed E-state index contributed by atoms with van der Waals surface area (Å²) in [5.74, 6) is -0.0528. The van der Waals surface area contributed by atoms with Gasteiger partial charge in [0.2, 0.25) is 0 Å². The summed E-state index contributed by atoms with van der Waals surface area (Å²) in [4.78, 5) is 15.1. The highest BCUT2D eigenvalue weighted by Gasteiger charge is 2.43. The van der Waals surface area contributed by atoms with Crippen molar-refractivity contribution < 1.29 is 25.3 Å². The van der Waals surface area contributed by atoms with Crippen molar-refractivity contribution in [3.63, 3.8) is 0 Å². The van der Waals surface area contributed by atoms with E-state index in [1.807, 2.05) is 0 Å². The van der Waals surface area contributed by atoms with Crippen molar-refractivity contribution >= 4 is 5.82 Å². The lowest BCUT2D eigenvalue weighted by Crippen LogP contribution is -2.36. The van der Waals surface area contributed by atoms with Gasteiger partial charge in [-0.3, -0.25) is 15.3 Å². The standard InChI is InChI=1S/C9H13N3O6/c13-3-4-6(14)7(15)8(18-4)12-2-1-5(11-17)10-9(12)16/h1-2,4,6-8,13-15,17H,3H2,(H,10,11,16)/t4-,6-,7-,8-/m0/s1. The fourth-order valence-electron chi connectivity index (χ4n) is 1.78. The highest BCUT2D eigenvalue weighted by Crippen LogP contribution is 2.27. The highest BCUT2D eigenvalue weighted by atomic mass is 16.6. The predicted octanol–water partition coefficient (Wildman–Crippen LogP) is -2.34. The molecule has 18 heavy (non-hydrogen) atoms. The molecule has 5 N–H and O–H groups in total. The third-order valence-electron chi connectivity index (χ3n) is 2.74. The number of aliphatic hydroxyl groups is 3. The smallest absolute Gasteiger partial charge is 0.351 e. The lowest BCUT2D eigenvalue weighted by atomic mass is 10.1. The van der Waals surface area contributed by atoms with E-state index in [1.165, 1.54) is 12.3 Å². The molecule has 9 heteroatoms. The fraction of sp³-hybridized carbons (Fsp3) is 0.556. The van der Waals surface area contributed by atoms with Gasteiger partial charge in [-0.15, -0.1) is 0 Å². The van der Waals surface area contributed by atoms with Crippen molar-refractivity contribution in [1.29, 1.82) is 0 Å². The third-order valence-corrected chi connectivity index (χ3v) is 2.74. The molecule has 0 spiro atoms. The Balaban J connectivity index is 2.30. The van der Waals surface area contributed by atoms with Crippen LogP contribution in [0.1, 0.15) is 6.23 Å². The van der Waals surface area contributed by atoms with Crippen LogP contribution in [0.5, 0.6) is 0 Å². The zero-order valence-electron chi connectivity index (χ0n) is 9.17. The Morgan fingerprint density at radius 2 is 2.17 bits per heavy atom. The van der Waals surface area contributed by atoms with E-state index in [-0.39, 0.29) is 5.82 Å². The third kappa shape index (κ3) is 2.09. The first-order valence-electron chi connectivity index (χ1n) is 5.20. The Bertz CT molecular complexity index is 478. The summed E-state index contributed by atoms with van der Waals surface area (Å²) in [6.45, 7) is -0.479. The second kappa shape index (κ2) is 5.00. The molecule has 0 saturated carbocycles. The number of aliphatic hydroxyl groups excluding tert-OH is 3.